The average Bonchev–Trinajstić information content (AvgIpc) is 2.95. The molecule has 3 aromatic rings. The number of fused-ring (bicyclic) bond motifs is 1. The van der Waals surface area contributed by atoms with Crippen molar-refractivity contribution in [2.24, 2.45) is 0 Å². The maximum atomic E-state index is 12.0. The summed E-state index contributed by atoms with van der Waals surface area (Å²) in [5.74, 6) is 0.224. The van der Waals surface area contributed by atoms with Crippen LogP contribution in [-0.4, -0.2) is 29.4 Å². The Labute approximate surface area is 116 Å². The minimum absolute atomic E-state index is 0.168. The molecule has 20 heavy (non-hydrogen) atoms. The lowest BCUT2D eigenvalue weighted by atomic mass is 10.5. The van der Waals surface area contributed by atoms with Gasteiger partial charge in [0.15, 0.2) is 5.65 Å². The van der Waals surface area contributed by atoms with Crippen molar-refractivity contribution in [2.75, 3.05) is 5.32 Å². The smallest absolute Gasteiger partial charge is 0.299 e. The van der Waals surface area contributed by atoms with Crippen LogP contribution in [0.15, 0.2) is 29.2 Å². The number of carbonyl (C=O) groups excluding carboxylic acids is 1. The molecule has 0 aliphatic rings. The van der Waals surface area contributed by atoms with Gasteiger partial charge in [-0.15, -0.1) is 5.10 Å². The minimum atomic E-state index is -0.369. The lowest BCUT2D eigenvalue weighted by molar-refractivity contribution is -0.117. The van der Waals surface area contributed by atoms with E-state index in [1.165, 1.54) is 4.40 Å². The van der Waals surface area contributed by atoms with Crippen molar-refractivity contribution in [3.05, 3.63) is 40.7 Å². The third-order valence-corrected chi connectivity index (χ3v) is 3.28. The molecule has 0 spiro atoms. The molecule has 0 aliphatic carbocycles. The number of aryl methyl sites for hydroxylation is 1. The number of anilines is 1. The molecule has 0 atom stereocenters. The fraction of sp³-hybridized carbons (Fsp3) is 0.182. The Morgan fingerprint density at radius 2 is 2.30 bits per heavy atom. The maximum absolute atomic E-state index is 12.0. The Balaban J connectivity index is 1.81. The number of hydrogen-bond acceptors (Lipinski definition) is 6. The molecule has 0 saturated heterocycles. The molecule has 0 aliphatic heterocycles. The van der Waals surface area contributed by atoms with Crippen molar-refractivity contribution in [1.82, 2.24) is 23.5 Å². The van der Waals surface area contributed by atoms with E-state index >= 15 is 0 Å². The Morgan fingerprint density at radius 1 is 1.45 bits per heavy atom. The molecular formula is C11H10N6O2S. The number of hydrogen-bond donors (Lipinski definition) is 1. The van der Waals surface area contributed by atoms with Crippen LogP contribution in [-0.2, 0) is 11.3 Å². The summed E-state index contributed by atoms with van der Waals surface area (Å²) in [7, 11) is 0. The van der Waals surface area contributed by atoms with E-state index in [4.69, 9.17) is 0 Å². The van der Waals surface area contributed by atoms with Crippen LogP contribution in [0.4, 0.5) is 5.13 Å². The molecule has 8 nitrogen and oxygen atoms in total. The summed E-state index contributed by atoms with van der Waals surface area (Å²) < 4.78 is 6.44. The minimum Gasteiger partial charge on any atom is -0.299 e. The molecular weight excluding hydrogens is 280 g/mol. The number of pyridine rings is 1. The van der Waals surface area contributed by atoms with Crippen molar-refractivity contribution >= 4 is 28.2 Å². The monoisotopic (exact) mass is 290 g/mol. The van der Waals surface area contributed by atoms with Crippen LogP contribution in [0.25, 0.3) is 5.65 Å². The van der Waals surface area contributed by atoms with Gasteiger partial charge in [0.1, 0.15) is 12.4 Å². The van der Waals surface area contributed by atoms with Crippen LogP contribution >= 0.6 is 11.5 Å². The summed E-state index contributed by atoms with van der Waals surface area (Å²) in [4.78, 5) is 27.8. The highest BCUT2D eigenvalue weighted by atomic mass is 32.1. The molecule has 9 heteroatoms. The predicted octanol–water partition coefficient (Wildman–Crippen LogP) is 0.295. The quantitative estimate of drug-likeness (QED) is 0.748. The summed E-state index contributed by atoms with van der Waals surface area (Å²) >= 11 is 1.09. The van der Waals surface area contributed by atoms with Crippen molar-refractivity contribution in [3.63, 3.8) is 0 Å². The van der Waals surface area contributed by atoms with Crippen molar-refractivity contribution in [2.45, 2.75) is 13.5 Å². The Hall–Kier alpha value is -2.55. The van der Waals surface area contributed by atoms with Crippen LogP contribution in [0.2, 0.25) is 0 Å². The van der Waals surface area contributed by atoms with Gasteiger partial charge in [0.05, 0.1) is 0 Å². The second-order valence-corrected chi connectivity index (χ2v) is 4.82. The normalized spacial score (nSPS) is 10.8. The average molecular weight is 290 g/mol. The lowest BCUT2D eigenvalue weighted by Gasteiger charge is -1.99. The SMILES string of the molecule is Cc1nsc(NC(=O)Cn2nc3ccccn3c2=O)n1. The molecule has 3 rings (SSSR count). The Kier molecular flexibility index (Phi) is 3.03. The number of nitrogens with zero attached hydrogens (tertiary/aromatic N) is 5. The second-order valence-electron chi connectivity index (χ2n) is 4.06. The summed E-state index contributed by atoms with van der Waals surface area (Å²) in [5.41, 5.74) is 0.140. The van der Waals surface area contributed by atoms with Gasteiger partial charge in [-0.3, -0.25) is 14.5 Å². The summed E-state index contributed by atoms with van der Waals surface area (Å²) in [6.45, 7) is 1.57. The predicted molar refractivity (Wildman–Crippen MR) is 72.7 cm³/mol. The molecule has 0 bridgehead atoms. The van der Waals surface area contributed by atoms with Gasteiger partial charge in [-0.1, -0.05) is 6.07 Å². The molecule has 1 amide bonds. The van der Waals surface area contributed by atoms with E-state index in [-0.39, 0.29) is 18.1 Å². The van der Waals surface area contributed by atoms with Gasteiger partial charge in [0, 0.05) is 17.7 Å². The number of nitrogens with one attached hydrogen (secondary N) is 1. The number of rotatable bonds is 3. The highest BCUT2D eigenvalue weighted by molar-refractivity contribution is 7.09. The van der Waals surface area contributed by atoms with E-state index < -0.39 is 0 Å². The van der Waals surface area contributed by atoms with E-state index in [2.05, 4.69) is 19.8 Å². The molecule has 0 radical (unpaired) electrons. The van der Waals surface area contributed by atoms with Crippen LogP contribution in [0.1, 0.15) is 5.82 Å². The Morgan fingerprint density at radius 3 is 3.00 bits per heavy atom. The number of carbonyl (C=O) groups is 1. The first-order valence-corrected chi connectivity index (χ1v) is 6.55. The highest BCUT2D eigenvalue weighted by Gasteiger charge is 2.11. The second kappa shape index (κ2) is 4.85. The van der Waals surface area contributed by atoms with E-state index in [1.807, 2.05) is 0 Å². The standard InChI is InChI=1S/C11H10N6O2S/c1-7-12-10(20-15-7)13-9(18)6-17-11(19)16-5-3-2-4-8(16)14-17/h2-5H,6H2,1H3,(H,12,13,15,18). The van der Waals surface area contributed by atoms with Gasteiger partial charge in [-0.2, -0.15) is 4.37 Å². The van der Waals surface area contributed by atoms with Crippen LogP contribution in [0.3, 0.4) is 0 Å². The zero-order valence-electron chi connectivity index (χ0n) is 10.5. The number of aromatic nitrogens is 5. The fourth-order valence-electron chi connectivity index (χ4n) is 1.71. The molecule has 0 saturated carbocycles. The third kappa shape index (κ3) is 2.30. The van der Waals surface area contributed by atoms with E-state index in [0.717, 1.165) is 16.2 Å². The topological polar surface area (TPSA) is 94.2 Å². The van der Waals surface area contributed by atoms with Crippen molar-refractivity contribution in [1.29, 1.82) is 0 Å². The molecule has 102 valence electrons. The first-order valence-electron chi connectivity index (χ1n) is 5.78. The molecule has 0 unspecified atom stereocenters. The van der Waals surface area contributed by atoms with Crippen molar-refractivity contribution < 1.29 is 4.79 Å². The highest BCUT2D eigenvalue weighted by Crippen LogP contribution is 2.09. The van der Waals surface area contributed by atoms with Gasteiger partial charge >= 0.3 is 5.69 Å². The van der Waals surface area contributed by atoms with Gasteiger partial charge in [0.2, 0.25) is 11.0 Å². The van der Waals surface area contributed by atoms with E-state index in [9.17, 15) is 9.59 Å². The third-order valence-electron chi connectivity index (χ3n) is 2.56. The largest absolute Gasteiger partial charge is 0.350 e. The summed E-state index contributed by atoms with van der Waals surface area (Å²) in [6, 6.07) is 5.20. The van der Waals surface area contributed by atoms with Crippen molar-refractivity contribution in [3.8, 4) is 0 Å². The van der Waals surface area contributed by atoms with Gasteiger partial charge in [0.25, 0.3) is 0 Å². The fourth-order valence-corrected chi connectivity index (χ4v) is 2.31. The zero-order chi connectivity index (χ0) is 14.1. The summed E-state index contributed by atoms with van der Waals surface area (Å²) in [5, 5.41) is 7.06. The van der Waals surface area contributed by atoms with E-state index in [0.29, 0.717) is 16.6 Å². The van der Waals surface area contributed by atoms with Gasteiger partial charge < -0.3 is 0 Å². The number of amides is 1. The maximum Gasteiger partial charge on any atom is 0.350 e. The Bertz CT molecular complexity index is 833. The van der Waals surface area contributed by atoms with Crippen LogP contribution < -0.4 is 11.0 Å². The molecule has 0 aromatic carbocycles. The first-order chi connectivity index (χ1) is 9.63. The van der Waals surface area contributed by atoms with Crippen LogP contribution in [0.5, 0.6) is 0 Å². The molecule has 1 N–H and O–H groups in total. The van der Waals surface area contributed by atoms with E-state index in [1.54, 1.807) is 31.3 Å². The first kappa shape index (κ1) is 12.5. The van der Waals surface area contributed by atoms with Gasteiger partial charge in [-0.25, -0.2) is 14.5 Å². The zero-order valence-corrected chi connectivity index (χ0v) is 11.3. The molecule has 3 heterocycles. The lowest BCUT2D eigenvalue weighted by Crippen LogP contribution is -2.28. The molecule has 3 aromatic heterocycles. The summed E-state index contributed by atoms with van der Waals surface area (Å²) in [6.07, 6.45) is 1.60. The van der Waals surface area contributed by atoms with Gasteiger partial charge in [-0.05, 0) is 19.1 Å². The van der Waals surface area contributed by atoms with Crippen LogP contribution in [0, 0.1) is 6.92 Å². The molecule has 0 fully saturated rings.